The number of hydrogen-bond acceptors (Lipinski definition) is 2. The van der Waals surface area contributed by atoms with Crippen molar-refractivity contribution in [2.24, 2.45) is 11.3 Å². The number of likely N-dealkylation sites (tertiary alicyclic amines) is 2. The number of carbonyl (C=O) groups is 1. The van der Waals surface area contributed by atoms with Crippen LogP contribution in [0.3, 0.4) is 0 Å². The molecule has 18 heavy (non-hydrogen) atoms. The number of hydrogen-bond donors (Lipinski definition) is 0. The molecule has 3 heteroatoms. The summed E-state index contributed by atoms with van der Waals surface area (Å²) in [7, 11) is 2.21. The highest BCUT2D eigenvalue weighted by Crippen LogP contribution is 2.40. The van der Waals surface area contributed by atoms with E-state index < -0.39 is 0 Å². The normalized spacial score (nSPS) is 34.6. The van der Waals surface area contributed by atoms with Crippen LogP contribution in [0.1, 0.15) is 44.9 Å². The molecule has 0 N–H and O–H groups in total. The second kappa shape index (κ2) is 4.84. The number of rotatable bonds is 1. The summed E-state index contributed by atoms with van der Waals surface area (Å²) in [5, 5.41) is 0. The highest BCUT2D eigenvalue weighted by Gasteiger charge is 2.44. The topological polar surface area (TPSA) is 23.6 Å². The standard InChI is InChI=1S/C15H26N2O/c1-16-9-7-15(11-16)8-10-17(12-15)14(18)13-5-3-2-4-6-13/h13H,2-12H2,1H3. The molecule has 0 radical (unpaired) electrons. The van der Waals surface area contributed by atoms with Crippen LogP contribution < -0.4 is 0 Å². The van der Waals surface area contributed by atoms with E-state index in [9.17, 15) is 4.79 Å². The first kappa shape index (κ1) is 12.5. The summed E-state index contributed by atoms with van der Waals surface area (Å²) in [6, 6.07) is 0. The summed E-state index contributed by atoms with van der Waals surface area (Å²) in [6.07, 6.45) is 8.66. The molecule has 1 saturated carbocycles. The van der Waals surface area contributed by atoms with Crippen molar-refractivity contribution in [2.75, 3.05) is 33.2 Å². The van der Waals surface area contributed by atoms with E-state index in [-0.39, 0.29) is 0 Å². The van der Waals surface area contributed by atoms with Gasteiger partial charge in [0.2, 0.25) is 5.91 Å². The maximum atomic E-state index is 12.5. The minimum atomic E-state index is 0.355. The zero-order chi connectivity index (χ0) is 12.6. The molecule has 2 saturated heterocycles. The van der Waals surface area contributed by atoms with Gasteiger partial charge in [-0.05, 0) is 39.3 Å². The molecule has 0 aromatic heterocycles. The van der Waals surface area contributed by atoms with Gasteiger partial charge in [-0.25, -0.2) is 0 Å². The lowest BCUT2D eigenvalue weighted by Gasteiger charge is -2.28. The molecule has 1 amide bonds. The van der Waals surface area contributed by atoms with Crippen molar-refractivity contribution in [1.82, 2.24) is 9.80 Å². The highest BCUT2D eigenvalue weighted by atomic mass is 16.2. The van der Waals surface area contributed by atoms with Crippen molar-refractivity contribution in [3.63, 3.8) is 0 Å². The van der Waals surface area contributed by atoms with E-state index in [2.05, 4.69) is 16.8 Å². The van der Waals surface area contributed by atoms with E-state index in [1.165, 1.54) is 45.2 Å². The molecular formula is C15H26N2O. The summed E-state index contributed by atoms with van der Waals surface area (Å²) >= 11 is 0. The predicted molar refractivity (Wildman–Crippen MR) is 72.3 cm³/mol. The first-order valence-corrected chi connectivity index (χ1v) is 7.66. The van der Waals surface area contributed by atoms with Crippen molar-refractivity contribution in [3.05, 3.63) is 0 Å². The van der Waals surface area contributed by atoms with Gasteiger partial charge in [0.05, 0.1) is 0 Å². The third-order valence-electron chi connectivity index (χ3n) is 5.33. The largest absolute Gasteiger partial charge is 0.342 e. The Labute approximate surface area is 111 Å². The molecule has 0 bridgehead atoms. The van der Waals surface area contributed by atoms with E-state index in [0.29, 0.717) is 17.2 Å². The molecule has 1 unspecified atom stereocenters. The average molecular weight is 250 g/mol. The van der Waals surface area contributed by atoms with Gasteiger partial charge in [-0.1, -0.05) is 19.3 Å². The van der Waals surface area contributed by atoms with Crippen molar-refractivity contribution >= 4 is 5.91 Å². The molecule has 3 rings (SSSR count). The van der Waals surface area contributed by atoms with Crippen molar-refractivity contribution in [3.8, 4) is 0 Å². The van der Waals surface area contributed by atoms with E-state index in [4.69, 9.17) is 0 Å². The Morgan fingerprint density at radius 3 is 2.44 bits per heavy atom. The molecule has 1 atom stereocenters. The Balaban J connectivity index is 1.59. The molecule has 2 aliphatic heterocycles. The maximum Gasteiger partial charge on any atom is 0.225 e. The van der Waals surface area contributed by atoms with Crippen molar-refractivity contribution in [1.29, 1.82) is 0 Å². The fraction of sp³-hybridized carbons (Fsp3) is 0.933. The van der Waals surface area contributed by atoms with Gasteiger partial charge in [-0.2, -0.15) is 0 Å². The van der Waals surface area contributed by atoms with Gasteiger partial charge in [0.25, 0.3) is 0 Å². The molecule has 102 valence electrons. The summed E-state index contributed by atoms with van der Waals surface area (Å²) in [5.41, 5.74) is 0.444. The average Bonchev–Trinajstić information content (AvgIpc) is 2.97. The van der Waals surface area contributed by atoms with Gasteiger partial charge in [-0.3, -0.25) is 4.79 Å². The molecule has 0 aromatic rings. The van der Waals surface area contributed by atoms with E-state index in [1.807, 2.05) is 0 Å². The number of amides is 1. The van der Waals surface area contributed by atoms with Crippen molar-refractivity contribution in [2.45, 2.75) is 44.9 Å². The zero-order valence-electron chi connectivity index (χ0n) is 11.7. The van der Waals surface area contributed by atoms with Gasteiger partial charge in [-0.15, -0.1) is 0 Å². The molecule has 1 aliphatic carbocycles. The zero-order valence-corrected chi connectivity index (χ0v) is 11.7. The smallest absolute Gasteiger partial charge is 0.225 e. The molecule has 3 nitrogen and oxygen atoms in total. The first-order valence-electron chi connectivity index (χ1n) is 7.66. The molecular weight excluding hydrogens is 224 g/mol. The van der Waals surface area contributed by atoms with Gasteiger partial charge in [0.1, 0.15) is 0 Å². The fourth-order valence-electron chi connectivity index (χ4n) is 4.22. The number of carbonyl (C=O) groups excluding carboxylic acids is 1. The lowest BCUT2D eigenvalue weighted by atomic mass is 9.86. The van der Waals surface area contributed by atoms with Crippen LogP contribution in [0.15, 0.2) is 0 Å². The van der Waals surface area contributed by atoms with Crippen LogP contribution in [0, 0.1) is 11.3 Å². The van der Waals surface area contributed by atoms with Crippen LogP contribution in [0.4, 0.5) is 0 Å². The van der Waals surface area contributed by atoms with Gasteiger partial charge in [0, 0.05) is 31.0 Å². The minimum absolute atomic E-state index is 0.355. The van der Waals surface area contributed by atoms with Gasteiger partial charge >= 0.3 is 0 Å². The Kier molecular flexibility index (Phi) is 3.35. The lowest BCUT2D eigenvalue weighted by Crippen LogP contribution is -2.37. The van der Waals surface area contributed by atoms with Crippen LogP contribution in [0.5, 0.6) is 0 Å². The van der Waals surface area contributed by atoms with Crippen LogP contribution >= 0.6 is 0 Å². The SMILES string of the molecule is CN1CCC2(CCN(C(=O)C3CCCCC3)C2)C1. The molecule has 1 spiro atoms. The van der Waals surface area contributed by atoms with Crippen LogP contribution in [-0.2, 0) is 4.79 Å². The van der Waals surface area contributed by atoms with Crippen LogP contribution in [0.2, 0.25) is 0 Å². The van der Waals surface area contributed by atoms with Crippen molar-refractivity contribution < 1.29 is 4.79 Å². The third-order valence-corrected chi connectivity index (χ3v) is 5.33. The monoisotopic (exact) mass is 250 g/mol. The number of nitrogens with zero attached hydrogens (tertiary/aromatic N) is 2. The summed E-state index contributed by atoms with van der Waals surface area (Å²) < 4.78 is 0. The molecule has 0 aromatic carbocycles. The second-order valence-electron chi connectivity index (χ2n) is 6.83. The first-order chi connectivity index (χ1) is 8.69. The summed E-state index contributed by atoms with van der Waals surface area (Å²) in [4.78, 5) is 17.1. The Morgan fingerprint density at radius 1 is 1.06 bits per heavy atom. The Hall–Kier alpha value is -0.570. The summed E-state index contributed by atoms with van der Waals surface area (Å²) in [6.45, 7) is 4.46. The molecule has 2 heterocycles. The summed E-state index contributed by atoms with van der Waals surface area (Å²) in [5.74, 6) is 0.828. The molecule has 3 aliphatic rings. The third kappa shape index (κ3) is 2.29. The van der Waals surface area contributed by atoms with E-state index >= 15 is 0 Å². The van der Waals surface area contributed by atoms with E-state index in [0.717, 1.165) is 25.9 Å². The Morgan fingerprint density at radius 2 is 1.78 bits per heavy atom. The Bertz CT molecular complexity index is 324. The fourth-order valence-corrected chi connectivity index (χ4v) is 4.22. The lowest BCUT2D eigenvalue weighted by molar-refractivity contribution is -0.135. The van der Waals surface area contributed by atoms with Crippen LogP contribution in [0.25, 0.3) is 0 Å². The van der Waals surface area contributed by atoms with E-state index in [1.54, 1.807) is 0 Å². The second-order valence-corrected chi connectivity index (χ2v) is 6.83. The predicted octanol–water partition coefficient (Wildman–Crippen LogP) is 2.12. The minimum Gasteiger partial charge on any atom is -0.342 e. The van der Waals surface area contributed by atoms with Gasteiger partial charge < -0.3 is 9.80 Å². The maximum absolute atomic E-state index is 12.5. The van der Waals surface area contributed by atoms with Crippen LogP contribution in [-0.4, -0.2) is 48.9 Å². The molecule has 3 fully saturated rings. The van der Waals surface area contributed by atoms with Gasteiger partial charge in [0.15, 0.2) is 0 Å². The quantitative estimate of drug-likeness (QED) is 0.712. The highest BCUT2D eigenvalue weighted by molar-refractivity contribution is 5.79.